The number of carbonyl (C=O) groups excluding carboxylic acids is 2. The summed E-state index contributed by atoms with van der Waals surface area (Å²) in [5.74, 6) is -0.157. The third-order valence-corrected chi connectivity index (χ3v) is 8.53. The summed E-state index contributed by atoms with van der Waals surface area (Å²) in [5.41, 5.74) is 3.11. The molecule has 0 aliphatic carbocycles. The van der Waals surface area contributed by atoms with Crippen LogP contribution in [-0.4, -0.2) is 11.9 Å². The lowest BCUT2D eigenvalue weighted by molar-refractivity contribution is 0.0688. The number of carbonyl (C=O) groups is 2. The predicted molar refractivity (Wildman–Crippen MR) is 159 cm³/mol. The van der Waals surface area contributed by atoms with Gasteiger partial charge in [0.05, 0.1) is 11.1 Å². The second-order valence-electron chi connectivity index (χ2n) is 12.2. The van der Waals surface area contributed by atoms with E-state index in [1.807, 2.05) is 30.3 Å². The molecular formula is C35H44O4. The van der Waals surface area contributed by atoms with Crippen LogP contribution in [-0.2, 0) is 16.2 Å². The van der Waals surface area contributed by atoms with Crippen molar-refractivity contribution in [2.24, 2.45) is 0 Å². The quantitative estimate of drug-likeness (QED) is 0.194. The largest absolute Gasteiger partial charge is 0.423 e. The molecule has 0 aliphatic heterocycles. The summed E-state index contributed by atoms with van der Waals surface area (Å²) in [4.78, 5) is 26.9. The van der Waals surface area contributed by atoms with Crippen LogP contribution in [0.2, 0.25) is 0 Å². The van der Waals surface area contributed by atoms with Crippen LogP contribution in [0.4, 0.5) is 0 Å². The zero-order valence-corrected chi connectivity index (χ0v) is 25.1. The number of para-hydroxylation sites is 1. The van der Waals surface area contributed by atoms with Crippen molar-refractivity contribution in [2.45, 2.75) is 97.8 Å². The van der Waals surface area contributed by atoms with Gasteiger partial charge in [-0.25, -0.2) is 9.59 Å². The van der Waals surface area contributed by atoms with E-state index >= 15 is 0 Å². The highest BCUT2D eigenvalue weighted by atomic mass is 16.5. The maximum atomic E-state index is 13.5. The van der Waals surface area contributed by atoms with Crippen molar-refractivity contribution in [3.63, 3.8) is 0 Å². The molecule has 0 unspecified atom stereocenters. The van der Waals surface area contributed by atoms with Crippen LogP contribution in [0.1, 0.15) is 119 Å². The number of rotatable bonds is 10. The Bertz CT molecular complexity index is 1330. The SMILES string of the molecule is CCC(C)(C)c1ccc(OC(=O)c2ccccc2C(=O)Oc2ccccc2C(C)(C)CC)c(C(C)(C)CC)c1. The summed E-state index contributed by atoms with van der Waals surface area (Å²) in [6, 6.07) is 20.3. The van der Waals surface area contributed by atoms with Gasteiger partial charge in [-0.05, 0) is 65.3 Å². The fraction of sp³-hybridized carbons (Fsp3) is 0.429. The van der Waals surface area contributed by atoms with E-state index in [1.54, 1.807) is 30.3 Å². The second kappa shape index (κ2) is 11.8. The molecule has 4 heteroatoms. The minimum absolute atomic E-state index is 0.000100. The Hall–Kier alpha value is -3.40. The predicted octanol–water partition coefficient (Wildman–Crippen LogP) is 9.19. The smallest absolute Gasteiger partial charge is 0.344 e. The molecule has 0 fully saturated rings. The van der Waals surface area contributed by atoms with Gasteiger partial charge in [-0.15, -0.1) is 0 Å². The van der Waals surface area contributed by atoms with E-state index in [0.717, 1.165) is 30.4 Å². The molecule has 3 aromatic rings. The molecule has 4 nitrogen and oxygen atoms in total. The van der Waals surface area contributed by atoms with E-state index in [1.165, 1.54) is 5.56 Å². The number of hydrogen-bond acceptors (Lipinski definition) is 4. The highest BCUT2D eigenvalue weighted by Gasteiger charge is 2.29. The van der Waals surface area contributed by atoms with Crippen LogP contribution < -0.4 is 9.47 Å². The molecule has 0 spiro atoms. The first-order valence-corrected chi connectivity index (χ1v) is 14.0. The van der Waals surface area contributed by atoms with Crippen molar-refractivity contribution in [2.75, 3.05) is 0 Å². The molecule has 0 amide bonds. The van der Waals surface area contributed by atoms with Crippen molar-refractivity contribution < 1.29 is 19.1 Å². The summed E-state index contributed by atoms with van der Waals surface area (Å²) in [6.07, 6.45) is 2.76. The first-order chi connectivity index (χ1) is 18.3. The van der Waals surface area contributed by atoms with Crippen LogP contribution in [0.5, 0.6) is 11.5 Å². The van der Waals surface area contributed by atoms with Crippen molar-refractivity contribution in [1.82, 2.24) is 0 Å². The normalized spacial score (nSPS) is 12.2. The van der Waals surface area contributed by atoms with Crippen LogP contribution in [0.25, 0.3) is 0 Å². The average molecular weight is 529 g/mol. The van der Waals surface area contributed by atoms with Crippen LogP contribution >= 0.6 is 0 Å². The monoisotopic (exact) mass is 528 g/mol. The van der Waals surface area contributed by atoms with Gasteiger partial charge >= 0.3 is 11.9 Å². The fourth-order valence-corrected chi connectivity index (χ4v) is 4.42. The van der Waals surface area contributed by atoms with Crippen molar-refractivity contribution in [1.29, 1.82) is 0 Å². The fourth-order valence-electron chi connectivity index (χ4n) is 4.42. The average Bonchev–Trinajstić information content (AvgIpc) is 2.93. The van der Waals surface area contributed by atoms with Crippen LogP contribution in [0.3, 0.4) is 0 Å². The van der Waals surface area contributed by atoms with Gasteiger partial charge in [0.1, 0.15) is 11.5 Å². The molecule has 0 saturated heterocycles. The standard InChI is InChI=1S/C35H44O4/c1-10-33(4,5)24-21-22-30(28(23-24)35(8,9)12-3)39-32(37)26-18-14-13-17-25(26)31(36)38-29-20-16-15-19-27(29)34(6,7)11-2/h13-23H,10-12H2,1-9H3. The van der Waals surface area contributed by atoms with Crippen LogP contribution in [0.15, 0.2) is 66.7 Å². The molecule has 208 valence electrons. The summed E-state index contributed by atoms with van der Waals surface area (Å²) in [6.45, 7) is 19.4. The van der Waals surface area contributed by atoms with E-state index in [0.29, 0.717) is 11.5 Å². The highest BCUT2D eigenvalue weighted by molar-refractivity contribution is 6.04. The van der Waals surface area contributed by atoms with Gasteiger partial charge in [-0.2, -0.15) is 0 Å². The molecule has 0 aliphatic rings. The van der Waals surface area contributed by atoms with Crippen molar-refractivity contribution >= 4 is 11.9 Å². The number of ether oxygens (including phenoxy) is 2. The Morgan fingerprint density at radius 2 is 1.00 bits per heavy atom. The Morgan fingerprint density at radius 1 is 0.564 bits per heavy atom. The zero-order valence-electron chi connectivity index (χ0n) is 25.1. The Balaban J connectivity index is 1.97. The molecular weight excluding hydrogens is 484 g/mol. The van der Waals surface area contributed by atoms with Crippen molar-refractivity contribution in [3.8, 4) is 11.5 Å². The molecule has 0 atom stereocenters. The molecule has 0 saturated carbocycles. The number of benzene rings is 3. The van der Waals surface area contributed by atoms with Gasteiger partial charge in [0, 0.05) is 11.1 Å². The second-order valence-corrected chi connectivity index (χ2v) is 12.2. The van der Waals surface area contributed by atoms with Gasteiger partial charge in [0.25, 0.3) is 0 Å². The van der Waals surface area contributed by atoms with E-state index in [2.05, 4.69) is 68.4 Å². The molecule has 0 radical (unpaired) electrons. The van der Waals surface area contributed by atoms with E-state index in [4.69, 9.17) is 9.47 Å². The first-order valence-electron chi connectivity index (χ1n) is 14.0. The van der Waals surface area contributed by atoms with Gasteiger partial charge in [-0.1, -0.05) is 105 Å². The molecule has 3 rings (SSSR count). The Morgan fingerprint density at radius 3 is 1.51 bits per heavy atom. The molecule has 0 N–H and O–H groups in total. The lowest BCUT2D eigenvalue weighted by atomic mass is 9.76. The lowest BCUT2D eigenvalue weighted by Gasteiger charge is -2.30. The van der Waals surface area contributed by atoms with Gasteiger partial charge in [0.2, 0.25) is 0 Å². The molecule has 0 bridgehead atoms. The van der Waals surface area contributed by atoms with Gasteiger partial charge < -0.3 is 9.47 Å². The summed E-state index contributed by atoms with van der Waals surface area (Å²) < 4.78 is 11.9. The Kier molecular flexibility index (Phi) is 9.10. The van der Waals surface area contributed by atoms with E-state index in [9.17, 15) is 9.59 Å². The molecule has 0 heterocycles. The maximum absolute atomic E-state index is 13.5. The zero-order chi connectivity index (χ0) is 29.0. The minimum Gasteiger partial charge on any atom is -0.423 e. The third-order valence-electron chi connectivity index (χ3n) is 8.53. The maximum Gasteiger partial charge on any atom is 0.344 e. The Labute approximate surface area is 234 Å². The summed E-state index contributed by atoms with van der Waals surface area (Å²) in [7, 11) is 0. The first kappa shape index (κ1) is 30.1. The van der Waals surface area contributed by atoms with E-state index in [-0.39, 0.29) is 27.4 Å². The van der Waals surface area contributed by atoms with Crippen LogP contribution in [0, 0.1) is 0 Å². The molecule has 3 aromatic carbocycles. The minimum atomic E-state index is -0.587. The van der Waals surface area contributed by atoms with E-state index < -0.39 is 11.9 Å². The third kappa shape index (κ3) is 6.61. The number of esters is 2. The molecule has 0 aromatic heterocycles. The summed E-state index contributed by atoms with van der Waals surface area (Å²) in [5, 5.41) is 0. The van der Waals surface area contributed by atoms with Crippen molar-refractivity contribution in [3.05, 3.63) is 94.5 Å². The van der Waals surface area contributed by atoms with Gasteiger partial charge in [-0.3, -0.25) is 0 Å². The van der Waals surface area contributed by atoms with Gasteiger partial charge in [0.15, 0.2) is 0 Å². The number of hydrogen-bond donors (Lipinski definition) is 0. The highest BCUT2D eigenvalue weighted by Crippen LogP contribution is 2.39. The summed E-state index contributed by atoms with van der Waals surface area (Å²) >= 11 is 0. The topological polar surface area (TPSA) is 52.6 Å². The molecule has 39 heavy (non-hydrogen) atoms. The lowest BCUT2D eigenvalue weighted by Crippen LogP contribution is -2.23.